The van der Waals surface area contributed by atoms with Crippen LogP contribution in [0.1, 0.15) is 0 Å². The SMILES string of the molecule is [InH3].[O]=[GaH].[O]=[InH]. The molecule has 0 fully saturated rings. The summed E-state index contributed by atoms with van der Waals surface area (Å²) >= 11 is 0.0250. The molecule has 0 N–H and O–H groups in total. The maximum atomic E-state index is 8.42. The van der Waals surface area contributed by atoms with Crippen LogP contribution in [-0.2, 0) is 6.39 Å². The molecule has 0 aromatic heterocycles. The van der Waals surface area contributed by atoms with Crippen molar-refractivity contribution in [2.45, 2.75) is 0 Å². The maximum absolute atomic E-state index is 8.42. The molecule has 0 spiro atoms. The first-order valence-electron chi connectivity index (χ1n) is 0.577. The standard InChI is InChI=1S/Ga.2In.2O.5H. The van der Waals surface area contributed by atoms with Gasteiger partial charge in [-0.05, 0) is 0 Å². The van der Waals surface area contributed by atoms with E-state index in [0.29, 0.717) is 0 Å². The third-order valence-electron chi connectivity index (χ3n) is 0. The van der Waals surface area contributed by atoms with E-state index < -0.39 is 0 Å². The summed E-state index contributed by atoms with van der Waals surface area (Å²) in [5.41, 5.74) is 0. The van der Waals surface area contributed by atoms with Crippen molar-refractivity contribution in [3.63, 3.8) is 0 Å². The molecule has 0 saturated heterocycles. The van der Waals surface area contributed by atoms with Crippen LogP contribution in [0.15, 0.2) is 0 Å². The van der Waals surface area contributed by atoms with Gasteiger partial charge in [0.1, 0.15) is 0 Å². The molecule has 5 heteroatoms. The van der Waals surface area contributed by atoms with E-state index in [-0.39, 0.29) is 68.8 Å². The summed E-state index contributed by atoms with van der Waals surface area (Å²) in [6, 6.07) is 0. The molecule has 0 radical (unpaired) electrons. The van der Waals surface area contributed by atoms with E-state index in [2.05, 4.69) is 0 Å². The van der Waals surface area contributed by atoms with Crippen LogP contribution in [0.3, 0.4) is 0 Å². The Hall–Kier alpha value is 1.98. The van der Waals surface area contributed by atoms with E-state index in [9.17, 15) is 0 Å². The monoisotopic (exact) mass is 336 g/mol. The molecule has 0 rings (SSSR count). The molecule has 0 amide bonds. The average molecular weight is 336 g/mol. The molecule has 0 aliphatic carbocycles. The van der Waals surface area contributed by atoms with Gasteiger partial charge in [0, 0.05) is 0 Å². The van der Waals surface area contributed by atoms with E-state index >= 15 is 0 Å². The Morgan fingerprint density at radius 1 is 1.20 bits per heavy atom. The Bertz CT molecular complexity index is 9.61. The molecule has 0 atom stereocenters. The molecule has 5 heavy (non-hydrogen) atoms. The second-order valence-electron chi connectivity index (χ2n) is 0. The van der Waals surface area contributed by atoms with Gasteiger partial charge >= 0.3 is 75.2 Å². The molecule has 0 unspecified atom stereocenters. The Labute approximate surface area is 74.1 Å². The molecule has 0 heterocycles. The Balaban J connectivity index is -0.0000000133. The number of hydrogen-bond donors (Lipinski definition) is 0. The summed E-state index contributed by atoms with van der Waals surface area (Å²) in [6.45, 7) is 0. The van der Waals surface area contributed by atoms with Crippen molar-refractivity contribution < 1.29 is 6.39 Å². The quantitative estimate of drug-likeness (QED) is 0.451. The normalized spacial score (nSPS) is 1.20. The van der Waals surface area contributed by atoms with Gasteiger partial charge in [-0.1, -0.05) is 0 Å². The predicted molar refractivity (Wildman–Crippen MR) is 25.6 cm³/mol. The van der Waals surface area contributed by atoms with E-state index in [4.69, 9.17) is 6.39 Å². The van der Waals surface area contributed by atoms with Gasteiger partial charge in [-0.2, -0.15) is 0 Å². The van der Waals surface area contributed by atoms with Gasteiger partial charge in [-0.3, -0.25) is 0 Å². The van der Waals surface area contributed by atoms with Gasteiger partial charge in [0.15, 0.2) is 0 Å². The Morgan fingerprint density at radius 2 is 1.20 bits per heavy atom. The third kappa shape index (κ3) is 24.2. The summed E-state index contributed by atoms with van der Waals surface area (Å²) in [7, 11) is 0. The molecule has 2 nitrogen and oxygen atoms in total. The van der Waals surface area contributed by atoms with Crippen molar-refractivity contribution in [1.82, 2.24) is 0 Å². The summed E-state index contributed by atoms with van der Waals surface area (Å²) in [4.78, 5) is 0. The molecule has 0 aromatic rings. The second-order valence-corrected chi connectivity index (χ2v) is 0. The zero-order valence-corrected chi connectivity index (χ0v) is 9.23. The van der Waals surface area contributed by atoms with Crippen molar-refractivity contribution in [3.8, 4) is 0 Å². The predicted octanol–water partition coefficient (Wildman–Crippen LogP) is -2.72. The zero-order valence-electron chi connectivity index (χ0n) is 2.23. The van der Waals surface area contributed by atoms with Crippen LogP contribution in [-0.4, -0.2) is 68.8 Å². The molecule has 0 aliphatic heterocycles. The van der Waals surface area contributed by atoms with Gasteiger partial charge in [-0.15, -0.1) is 0 Å². The topological polar surface area (TPSA) is 34.1 Å². The van der Waals surface area contributed by atoms with Crippen LogP contribution < -0.4 is 0 Å². The van der Waals surface area contributed by atoms with Crippen LogP contribution in [0.4, 0.5) is 0 Å². The van der Waals surface area contributed by atoms with Crippen LogP contribution in [0.2, 0.25) is 0 Å². The fourth-order valence-corrected chi connectivity index (χ4v) is 0. The average Bonchev–Trinajstić information content (AvgIpc) is 1.50. The van der Waals surface area contributed by atoms with Gasteiger partial charge < -0.3 is 0 Å². The number of hydrogen-bond acceptors (Lipinski definition) is 2. The first kappa shape index (κ1) is 15.8. The Morgan fingerprint density at radius 3 is 1.20 bits per heavy atom. The third-order valence-corrected chi connectivity index (χ3v) is 0. The van der Waals surface area contributed by atoms with Crippen LogP contribution >= 0.6 is 0 Å². The van der Waals surface area contributed by atoms with Crippen molar-refractivity contribution in [3.05, 3.63) is 0 Å². The minimum absolute atomic E-state index is 0. The van der Waals surface area contributed by atoms with Crippen molar-refractivity contribution in [1.29, 1.82) is 0 Å². The van der Waals surface area contributed by atoms with E-state index in [1.165, 1.54) is 0 Å². The summed E-state index contributed by atoms with van der Waals surface area (Å²) in [5.74, 6) is 0. The van der Waals surface area contributed by atoms with Crippen LogP contribution in [0, 0.1) is 0 Å². The van der Waals surface area contributed by atoms with Crippen molar-refractivity contribution in [2.24, 2.45) is 0 Å². The van der Waals surface area contributed by atoms with Gasteiger partial charge in [0.25, 0.3) is 0 Å². The molecule has 0 aromatic carbocycles. The van der Waals surface area contributed by atoms with Crippen molar-refractivity contribution >= 4 is 68.8 Å². The van der Waals surface area contributed by atoms with Crippen LogP contribution in [0.25, 0.3) is 0 Å². The number of rotatable bonds is 0. The fraction of sp³-hybridized carbons (Fsp3) is 0. The molecule has 0 saturated carbocycles. The van der Waals surface area contributed by atoms with E-state index in [0.717, 1.165) is 0 Å². The second kappa shape index (κ2) is 37.9. The first-order valence-corrected chi connectivity index (χ1v) is 3.44. The fourth-order valence-electron chi connectivity index (χ4n) is 0. The van der Waals surface area contributed by atoms with E-state index in [1.54, 1.807) is 0 Å². The van der Waals surface area contributed by atoms with Crippen molar-refractivity contribution in [2.75, 3.05) is 0 Å². The van der Waals surface area contributed by atoms with E-state index in [1.807, 2.05) is 0 Å². The summed E-state index contributed by atoms with van der Waals surface area (Å²) in [5, 5.41) is 0. The molecule has 26 valence electrons. The Kier molecular flexibility index (Phi) is 119. The molecule has 0 bridgehead atoms. The zero-order chi connectivity index (χ0) is 4.00. The molecular formula is H5GaIn2O2. The first-order chi connectivity index (χ1) is 2.00. The minimum atomic E-state index is -0.1000. The van der Waals surface area contributed by atoms with Gasteiger partial charge in [-0.25, -0.2) is 0 Å². The van der Waals surface area contributed by atoms with Gasteiger partial charge in [0.2, 0.25) is 0 Å². The molecular weight excluding hydrogens is 331 g/mol. The summed E-state index contributed by atoms with van der Waals surface area (Å²) in [6.07, 6.45) is 0. The van der Waals surface area contributed by atoms with Crippen LogP contribution in [0.5, 0.6) is 0 Å². The summed E-state index contributed by atoms with van der Waals surface area (Å²) < 4.78 is 16.8. The van der Waals surface area contributed by atoms with Gasteiger partial charge in [0.05, 0.1) is 0 Å². The molecule has 0 aliphatic rings.